The van der Waals surface area contributed by atoms with Gasteiger partial charge in [0.05, 0.1) is 7.11 Å². The zero-order valence-electron chi connectivity index (χ0n) is 14.3. The molecule has 0 aliphatic heterocycles. The van der Waals surface area contributed by atoms with Gasteiger partial charge in [0.1, 0.15) is 5.82 Å². The quantitative estimate of drug-likeness (QED) is 0.678. The predicted octanol–water partition coefficient (Wildman–Crippen LogP) is 4.50. The summed E-state index contributed by atoms with van der Waals surface area (Å²) in [7, 11) is 1.33. The number of methoxy groups -OCH3 is 1. The molecule has 138 valence electrons. The van der Waals surface area contributed by atoms with Crippen molar-refractivity contribution < 1.29 is 27.4 Å². The maximum absolute atomic E-state index is 13.0. The molecular weight excluding hydrogens is 347 g/mol. The van der Waals surface area contributed by atoms with Crippen molar-refractivity contribution in [3.63, 3.8) is 0 Å². The molecule has 0 bridgehead atoms. The van der Waals surface area contributed by atoms with E-state index in [0.29, 0.717) is 12.2 Å². The first kappa shape index (κ1) is 19.4. The van der Waals surface area contributed by atoms with Crippen molar-refractivity contribution in [3.05, 3.63) is 59.9 Å². The van der Waals surface area contributed by atoms with Gasteiger partial charge in [0.2, 0.25) is 0 Å². The maximum Gasteiger partial charge on any atom is 0.387 e. The highest BCUT2D eigenvalue weighted by Crippen LogP contribution is 2.33. The molecule has 2 aromatic rings. The number of alkyl halides is 2. The molecule has 0 fully saturated rings. The van der Waals surface area contributed by atoms with E-state index in [9.17, 15) is 18.0 Å². The van der Waals surface area contributed by atoms with E-state index in [-0.39, 0.29) is 23.0 Å². The molecule has 0 saturated heterocycles. The first-order valence-electron chi connectivity index (χ1n) is 7.83. The van der Waals surface area contributed by atoms with Crippen molar-refractivity contribution in [2.45, 2.75) is 13.5 Å². The number of likely N-dealkylation sites (N-methyl/N-ethyl adjacent to an activating group) is 1. The Morgan fingerprint density at radius 2 is 1.88 bits per heavy atom. The highest BCUT2D eigenvalue weighted by molar-refractivity contribution is 6.04. The number of hydrogen-bond donors (Lipinski definition) is 0. The summed E-state index contributed by atoms with van der Waals surface area (Å²) < 4.78 is 47.9. The van der Waals surface area contributed by atoms with E-state index in [4.69, 9.17) is 4.74 Å². The Hall–Kier alpha value is -2.96. The highest BCUT2D eigenvalue weighted by atomic mass is 19.3. The van der Waals surface area contributed by atoms with Gasteiger partial charge >= 0.3 is 6.61 Å². The molecule has 2 rings (SSSR count). The van der Waals surface area contributed by atoms with Gasteiger partial charge in [0.25, 0.3) is 5.91 Å². The lowest BCUT2D eigenvalue weighted by molar-refractivity contribution is -0.114. The Labute approximate surface area is 149 Å². The smallest absolute Gasteiger partial charge is 0.387 e. The minimum Gasteiger partial charge on any atom is -0.493 e. The lowest BCUT2D eigenvalue weighted by atomic mass is 10.1. The number of carbonyl (C=O) groups is 1. The van der Waals surface area contributed by atoms with E-state index in [1.54, 1.807) is 13.0 Å². The second kappa shape index (κ2) is 8.94. The molecule has 1 amide bonds. The van der Waals surface area contributed by atoms with Crippen LogP contribution in [0.15, 0.2) is 48.5 Å². The van der Waals surface area contributed by atoms with Gasteiger partial charge < -0.3 is 14.4 Å². The van der Waals surface area contributed by atoms with Gasteiger partial charge in [-0.2, -0.15) is 8.78 Å². The van der Waals surface area contributed by atoms with Gasteiger partial charge in [-0.1, -0.05) is 12.1 Å². The summed E-state index contributed by atoms with van der Waals surface area (Å²) >= 11 is 0. The molecule has 0 heterocycles. The van der Waals surface area contributed by atoms with Crippen LogP contribution < -0.4 is 14.4 Å². The monoisotopic (exact) mass is 365 g/mol. The fourth-order valence-electron chi connectivity index (χ4n) is 2.38. The zero-order chi connectivity index (χ0) is 19.1. The van der Waals surface area contributed by atoms with Crippen molar-refractivity contribution in [3.8, 4) is 11.5 Å². The van der Waals surface area contributed by atoms with Gasteiger partial charge in [0, 0.05) is 23.9 Å². The third kappa shape index (κ3) is 4.78. The summed E-state index contributed by atoms with van der Waals surface area (Å²) in [6, 6.07) is 10.1. The van der Waals surface area contributed by atoms with E-state index >= 15 is 0 Å². The molecule has 4 nitrogen and oxygen atoms in total. The van der Waals surface area contributed by atoms with Gasteiger partial charge in [-0.25, -0.2) is 4.39 Å². The average Bonchev–Trinajstić information content (AvgIpc) is 2.62. The molecule has 0 aliphatic carbocycles. The number of carbonyl (C=O) groups excluding carboxylic acids is 1. The van der Waals surface area contributed by atoms with E-state index in [1.807, 2.05) is 0 Å². The van der Waals surface area contributed by atoms with Crippen LogP contribution in [0.4, 0.5) is 18.9 Å². The molecule has 0 radical (unpaired) electrons. The fourth-order valence-corrected chi connectivity index (χ4v) is 2.38. The van der Waals surface area contributed by atoms with E-state index in [2.05, 4.69) is 4.74 Å². The predicted molar refractivity (Wildman–Crippen MR) is 93.1 cm³/mol. The summed E-state index contributed by atoms with van der Waals surface area (Å²) in [6.07, 6.45) is 2.61. The van der Waals surface area contributed by atoms with E-state index in [1.165, 1.54) is 60.6 Å². The Kier molecular flexibility index (Phi) is 6.66. The topological polar surface area (TPSA) is 38.8 Å². The summed E-state index contributed by atoms with van der Waals surface area (Å²) in [5, 5.41) is 0. The van der Waals surface area contributed by atoms with Gasteiger partial charge in [0.15, 0.2) is 11.5 Å². The molecule has 7 heteroatoms. The Morgan fingerprint density at radius 1 is 1.19 bits per heavy atom. The normalized spacial score (nSPS) is 11.0. The lowest BCUT2D eigenvalue weighted by Crippen LogP contribution is -2.28. The number of ether oxygens (including phenoxy) is 2. The average molecular weight is 365 g/mol. The minimum atomic E-state index is -3.03. The standard InChI is InChI=1S/C19H18F3NO3/c1-3-23(15-10-8-14(20)9-11-15)17(24)12-7-13-5-4-6-16(25-2)18(13)26-19(21)22/h4-12,19H,3H2,1-2H3/b12-7+. The van der Waals surface area contributed by atoms with Crippen molar-refractivity contribution in [2.75, 3.05) is 18.6 Å². The Balaban J connectivity index is 2.27. The van der Waals surface area contributed by atoms with Gasteiger partial charge in [-0.3, -0.25) is 4.79 Å². The molecular formula is C19H18F3NO3. The van der Waals surface area contributed by atoms with Crippen molar-refractivity contribution >= 4 is 17.7 Å². The number of rotatable bonds is 7. The largest absolute Gasteiger partial charge is 0.493 e. The second-order valence-electron chi connectivity index (χ2n) is 5.15. The second-order valence-corrected chi connectivity index (χ2v) is 5.15. The number of hydrogen-bond acceptors (Lipinski definition) is 3. The van der Waals surface area contributed by atoms with Gasteiger partial charge in [-0.15, -0.1) is 0 Å². The lowest BCUT2D eigenvalue weighted by Gasteiger charge is -2.19. The first-order valence-corrected chi connectivity index (χ1v) is 7.83. The summed E-state index contributed by atoms with van der Waals surface area (Å²) in [6.45, 7) is -0.903. The molecule has 0 unspecified atom stereocenters. The fraction of sp³-hybridized carbons (Fsp3) is 0.211. The number of amides is 1. The van der Waals surface area contributed by atoms with Crippen LogP contribution in [-0.4, -0.2) is 26.2 Å². The molecule has 0 saturated carbocycles. The van der Waals surface area contributed by atoms with Crippen LogP contribution in [-0.2, 0) is 4.79 Å². The summed E-state index contributed by atoms with van der Waals surface area (Å²) in [4.78, 5) is 13.9. The van der Waals surface area contributed by atoms with Crippen molar-refractivity contribution in [1.29, 1.82) is 0 Å². The SMILES string of the molecule is CCN(C(=O)/C=C/c1cccc(OC)c1OC(F)F)c1ccc(F)cc1. The molecule has 0 N–H and O–H groups in total. The summed E-state index contributed by atoms with van der Waals surface area (Å²) in [5.41, 5.74) is 0.798. The van der Waals surface area contributed by atoms with Crippen LogP contribution in [0, 0.1) is 5.82 Å². The molecule has 0 aliphatic rings. The number of halogens is 3. The highest BCUT2D eigenvalue weighted by Gasteiger charge is 2.15. The molecule has 0 atom stereocenters. The van der Waals surface area contributed by atoms with Crippen molar-refractivity contribution in [1.82, 2.24) is 0 Å². The maximum atomic E-state index is 13.0. The summed E-state index contributed by atoms with van der Waals surface area (Å²) in [5.74, 6) is -0.812. The van der Waals surface area contributed by atoms with E-state index in [0.717, 1.165) is 0 Å². The van der Waals surface area contributed by atoms with Crippen LogP contribution in [0.1, 0.15) is 12.5 Å². The Bertz CT molecular complexity index is 776. The van der Waals surface area contributed by atoms with E-state index < -0.39 is 12.4 Å². The number of benzene rings is 2. The molecule has 2 aromatic carbocycles. The van der Waals surface area contributed by atoms with Crippen molar-refractivity contribution in [2.24, 2.45) is 0 Å². The number of para-hydroxylation sites is 1. The van der Waals surface area contributed by atoms with Crippen LogP contribution in [0.2, 0.25) is 0 Å². The van der Waals surface area contributed by atoms with Crippen LogP contribution in [0.25, 0.3) is 6.08 Å². The molecule has 0 aromatic heterocycles. The minimum absolute atomic E-state index is 0.130. The van der Waals surface area contributed by atoms with Crippen LogP contribution in [0.5, 0.6) is 11.5 Å². The Morgan fingerprint density at radius 3 is 2.46 bits per heavy atom. The zero-order valence-corrected chi connectivity index (χ0v) is 14.3. The first-order chi connectivity index (χ1) is 12.5. The third-order valence-corrected chi connectivity index (χ3v) is 3.56. The van der Waals surface area contributed by atoms with Gasteiger partial charge in [-0.05, 0) is 43.3 Å². The third-order valence-electron chi connectivity index (χ3n) is 3.56. The van der Waals surface area contributed by atoms with Crippen LogP contribution >= 0.6 is 0 Å². The number of anilines is 1. The van der Waals surface area contributed by atoms with Crippen LogP contribution in [0.3, 0.4) is 0 Å². The number of nitrogens with zero attached hydrogens (tertiary/aromatic N) is 1. The molecule has 0 spiro atoms. The molecule has 26 heavy (non-hydrogen) atoms.